The Hall–Kier alpha value is -2.37. The van der Waals surface area contributed by atoms with Crippen LogP contribution in [0.3, 0.4) is 0 Å². The van der Waals surface area contributed by atoms with Gasteiger partial charge in [0.15, 0.2) is 0 Å². The number of benzene rings is 1. The van der Waals surface area contributed by atoms with Crippen molar-refractivity contribution in [3.05, 3.63) is 35.4 Å². The third kappa shape index (κ3) is 3.89. The molecule has 0 aliphatic carbocycles. The Kier molecular flexibility index (Phi) is 5.59. The Labute approximate surface area is 154 Å². The number of hydrogen-bond donors (Lipinski definition) is 1. The van der Waals surface area contributed by atoms with Crippen molar-refractivity contribution in [3.8, 4) is 0 Å². The van der Waals surface area contributed by atoms with E-state index in [-0.39, 0.29) is 29.6 Å². The summed E-state index contributed by atoms with van der Waals surface area (Å²) >= 11 is 0. The molecule has 0 atom stereocenters. The molecule has 1 aromatic carbocycles. The number of amides is 3. The average Bonchev–Trinajstić information content (AvgIpc) is 2.67. The summed E-state index contributed by atoms with van der Waals surface area (Å²) in [5, 5.41) is 0. The summed E-state index contributed by atoms with van der Waals surface area (Å²) in [4.78, 5) is 40.4. The molecule has 2 aliphatic heterocycles. The van der Waals surface area contributed by atoms with Gasteiger partial charge in [0.25, 0.3) is 5.91 Å². The molecule has 0 radical (unpaired) electrons. The van der Waals surface area contributed by atoms with E-state index >= 15 is 0 Å². The minimum Gasteiger partial charge on any atom is -0.369 e. The minimum absolute atomic E-state index is 0.0268. The first kappa shape index (κ1) is 18.4. The van der Waals surface area contributed by atoms with E-state index in [1.54, 1.807) is 0 Å². The van der Waals surface area contributed by atoms with Gasteiger partial charge in [0.2, 0.25) is 11.8 Å². The average molecular weight is 357 g/mol. The highest BCUT2D eigenvalue weighted by Gasteiger charge is 2.33. The maximum absolute atomic E-state index is 12.7. The van der Waals surface area contributed by atoms with Gasteiger partial charge in [0.1, 0.15) is 0 Å². The quantitative estimate of drug-likeness (QED) is 0.891. The smallest absolute Gasteiger partial charge is 0.254 e. The molecule has 2 aliphatic rings. The van der Waals surface area contributed by atoms with Gasteiger partial charge in [-0.05, 0) is 44.2 Å². The lowest BCUT2D eigenvalue weighted by Crippen LogP contribution is -2.47. The highest BCUT2D eigenvalue weighted by molar-refractivity contribution is 5.95. The first-order chi connectivity index (χ1) is 12.5. The number of hydrogen-bond acceptors (Lipinski definition) is 3. The van der Waals surface area contributed by atoms with E-state index in [2.05, 4.69) is 0 Å². The zero-order chi connectivity index (χ0) is 18.7. The van der Waals surface area contributed by atoms with Gasteiger partial charge in [-0.25, -0.2) is 0 Å². The Bertz CT molecular complexity index is 687. The molecule has 6 heteroatoms. The van der Waals surface area contributed by atoms with Crippen LogP contribution in [0.1, 0.15) is 41.6 Å². The van der Waals surface area contributed by atoms with Crippen LogP contribution in [-0.4, -0.2) is 53.7 Å². The molecule has 3 rings (SSSR count). The van der Waals surface area contributed by atoms with E-state index in [0.29, 0.717) is 51.9 Å². The second-order valence-electron chi connectivity index (χ2n) is 7.38. The first-order valence-electron chi connectivity index (χ1n) is 9.40. The molecule has 0 saturated carbocycles. The number of aryl methyl sites for hydroxylation is 1. The van der Waals surface area contributed by atoms with Crippen molar-refractivity contribution < 1.29 is 14.4 Å². The third-order valence-electron chi connectivity index (χ3n) is 5.72. The van der Waals surface area contributed by atoms with E-state index in [4.69, 9.17) is 5.73 Å². The van der Waals surface area contributed by atoms with Crippen molar-refractivity contribution in [1.82, 2.24) is 9.80 Å². The van der Waals surface area contributed by atoms with Crippen LogP contribution in [0.2, 0.25) is 0 Å². The Morgan fingerprint density at radius 1 is 0.885 bits per heavy atom. The number of piperidine rings is 2. The minimum atomic E-state index is -0.264. The fraction of sp³-hybridized carbons (Fsp3) is 0.550. The summed E-state index contributed by atoms with van der Waals surface area (Å²) in [6.07, 6.45) is 2.72. The summed E-state index contributed by atoms with van der Waals surface area (Å²) in [6.45, 7) is 4.38. The number of carbonyl (C=O) groups is 3. The number of nitrogens with zero attached hydrogens (tertiary/aromatic N) is 2. The summed E-state index contributed by atoms with van der Waals surface area (Å²) in [5.41, 5.74) is 7.07. The van der Waals surface area contributed by atoms with E-state index < -0.39 is 0 Å². The standard InChI is InChI=1S/C20H27N3O3/c1-14-4-2-3-5-17(14)20(26)23-12-8-16(9-13-23)19(25)22-10-6-15(7-11-22)18(21)24/h2-5,15-16H,6-13H2,1H3,(H2,21,24). The molecule has 3 amide bonds. The highest BCUT2D eigenvalue weighted by Crippen LogP contribution is 2.25. The van der Waals surface area contributed by atoms with Crippen molar-refractivity contribution in [2.75, 3.05) is 26.2 Å². The van der Waals surface area contributed by atoms with Crippen LogP contribution >= 0.6 is 0 Å². The zero-order valence-electron chi connectivity index (χ0n) is 15.3. The zero-order valence-corrected chi connectivity index (χ0v) is 15.3. The molecule has 0 aromatic heterocycles. The molecule has 26 heavy (non-hydrogen) atoms. The molecule has 0 spiro atoms. The van der Waals surface area contributed by atoms with Gasteiger partial charge >= 0.3 is 0 Å². The van der Waals surface area contributed by atoms with Crippen molar-refractivity contribution in [2.45, 2.75) is 32.6 Å². The SMILES string of the molecule is Cc1ccccc1C(=O)N1CCC(C(=O)N2CCC(C(N)=O)CC2)CC1. The lowest BCUT2D eigenvalue weighted by atomic mass is 9.91. The van der Waals surface area contributed by atoms with E-state index in [1.165, 1.54) is 0 Å². The van der Waals surface area contributed by atoms with Crippen LogP contribution < -0.4 is 5.73 Å². The molecule has 2 heterocycles. The Morgan fingerprint density at radius 3 is 2.00 bits per heavy atom. The van der Waals surface area contributed by atoms with E-state index in [9.17, 15) is 14.4 Å². The predicted octanol–water partition coefficient (Wildman–Crippen LogP) is 1.57. The van der Waals surface area contributed by atoms with Crippen LogP contribution in [-0.2, 0) is 9.59 Å². The van der Waals surface area contributed by atoms with E-state index in [0.717, 1.165) is 11.1 Å². The third-order valence-corrected chi connectivity index (χ3v) is 5.72. The molecule has 140 valence electrons. The maximum atomic E-state index is 12.7. The highest BCUT2D eigenvalue weighted by atomic mass is 16.2. The summed E-state index contributed by atoms with van der Waals surface area (Å²) in [5.74, 6) is -0.180. The molecule has 0 unspecified atom stereocenters. The van der Waals surface area contributed by atoms with Crippen molar-refractivity contribution in [1.29, 1.82) is 0 Å². The van der Waals surface area contributed by atoms with Gasteiger partial charge in [-0.3, -0.25) is 14.4 Å². The lowest BCUT2D eigenvalue weighted by Gasteiger charge is -2.37. The van der Waals surface area contributed by atoms with Gasteiger partial charge in [0.05, 0.1) is 0 Å². The van der Waals surface area contributed by atoms with Crippen molar-refractivity contribution >= 4 is 17.7 Å². The number of likely N-dealkylation sites (tertiary alicyclic amines) is 2. The number of nitrogens with two attached hydrogens (primary N) is 1. The largest absolute Gasteiger partial charge is 0.369 e. The predicted molar refractivity (Wildman–Crippen MR) is 98.3 cm³/mol. The van der Waals surface area contributed by atoms with Crippen LogP contribution in [0.25, 0.3) is 0 Å². The normalized spacial score (nSPS) is 19.4. The van der Waals surface area contributed by atoms with Gasteiger partial charge in [-0.1, -0.05) is 18.2 Å². The fourth-order valence-electron chi connectivity index (χ4n) is 3.96. The van der Waals surface area contributed by atoms with Gasteiger partial charge in [-0.2, -0.15) is 0 Å². The monoisotopic (exact) mass is 357 g/mol. The molecule has 2 fully saturated rings. The molecular formula is C20H27N3O3. The van der Waals surface area contributed by atoms with Crippen LogP contribution in [0, 0.1) is 18.8 Å². The first-order valence-corrected chi connectivity index (χ1v) is 9.40. The van der Waals surface area contributed by atoms with Crippen LogP contribution in [0.5, 0.6) is 0 Å². The molecular weight excluding hydrogens is 330 g/mol. The second-order valence-corrected chi connectivity index (χ2v) is 7.38. The Balaban J connectivity index is 1.52. The molecule has 0 bridgehead atoms. The molecule has 6 nitrogen and oxygen atoms in total. The van der Waals surface area contributed by atoms with Crippen molar-refractivity contribution in [2.24, 2.45) is 17.6 Å². The van der Waals surface area contributed by atoms with Crippen LogP contribution in [0.4, 0.5) is 0 Å². The summed E-state index contributed by atoms with van der Waals surface area (Å²) in [7, 11) is 0. The van der Waals surface area contributed by atoms with Gasteiger partial charge < -0.3 is 15.5 Å². The maximum Gasteiger partial charge on any atom is 0.254 e. The number of carbonyl (C=O) groups excluding carboxylic acids is 3. The fourth-order valence-corrected chi connectivity index (χ4v) is 3.96. The van der Waals surface area contributed by atoms with E-state index in [1.807, 2.05) is 41.0 Å². The molecule has 2 saturated heterocycles. The number of primary amides is 1. The van der Waals surface area contributed by atoms with Gasteiger partial charge in [-0.15, -0.1) is 0 Å². The molecule has 1 aromatic rings. The molecule has 2 N–H and O–H groups in total. The summed E-state index contributed by atoms with van der Waals surface area (Å²) < 4.78 is 0. The second kappa shape index (κ2) is 7.89. The Morgan fingerprint density at radius 2 is 1.42 bits per heavy atom. The summed E-state index contributed by atoms with van der Waals surface area (Å²) in [6, 6.07) is 7.61. The topological polar surface area (TPSA) is 83.7 Å². The van der Waals surface area contributed by atoms with Crippen molar-refractivity contribution in [3.63, 3.8) is 0 Å². The van der Waals surface area contributed by atoms with Crippen LogP contribution in [0.15, 0.2) is 24.3 Å². The number of rotatable bonds is 3. The van der Waals surface area contributed by atoms with Gasteiger partial charge in [0, 0.05) is 43.6 Å². The lowest BCUT2D eigenvalue weighted by molar-refractivity contribution is -0.139.